The number of hydrogen-bond acceptors (Lipinski definition) is 3. The third-order valence-corrected chi connectivity index (χ3v) is 5.12. The van der Waals surface area contributed by atoms with Gasteiger partial charge in [-0.05, 0) is 35.2 Å². The van der Waals surface area contributed by atoms with Gasteiger partial charge in [0.1, 0.15) is 5.69 Å². The third kappa shape index (κ3) is 4.27. The maximum atomic E-state index is 12.2. The first kappa shape index (κ1) is 17.9. The maximum absolute atomic E-state index is 12.2. The summed E-state index contributed by atoms with van der Waals surface area (Å²) < 4.78 is 1.84. The highest BCUT2D eigenvalue weighted by Gasteiger charge is 2.11. The van der Waals surface area contributed by atoms with Crippen molar-refractivity contribution in [3.8, 4) is 16.3 Å². The quantitative estimate of drug-likeness (QED) is 0.478. The van der Waals surface area contributed by atoms with E-state index in [0.717, 1.165) is 27.4 Å². The second kappa shape index (κ2) is 8.50. The fraction of sp³-hybridized carbons (Fsp3) is 0.0435. The summed E-state index contributed by atoms with van der Waals surface area (Å²) in [7, 11) is 0. The smallest absolute Gasteiger partial charge is 0.244 e. The van der Waals surface area contributed by atoms with Crippen LogP contribution in [0.1, 0.15) is 11.1 Å². The Kier molecular flexibility index (Phi) is 5.45. The minimum atomic E-state index is -0.131. The van der Waals surface area contributed by atoms with E-state index in [1.54, 1.807) is 17.4 Å². The Bertz CT molecular complexity index is 1070. The predicted molar refractivity (Wildman–Crippen MR) is 114 cm³/mol. The zero-order chi connectivity index (χ0) is 19.2. The second-order valence-corrected chi connectivity index (χ2v) is 7.17. The lowest BCUT2D eigenvalue weighted by atomic mass is 10.2. The van der Waals surface area contributed by atoms with Crippen LogP contribution < -0.4 is 5.32 Å². The van der Waals surface area contributed by atoms with Gasteiger partial charge in [-0.3, -0.25) is 4.79 Å². The van der Waals surface area contributed by atoms with Gasteiger partial charge in [-0.15, -0.1) is 11.3 Å². The van der Waals surface area contributed by atoms with E-state index < -0.39 is 0 Å². The van der Waals surface area contributed by atoms with E-state index in [1.165, 1.54) is 0 Å². The van der Waals surface area contributed by atoms with E-state index in [4.69, 9.17) is 5.10 Å². The number of rotatable bonds is 6. The van der Waals surface area contributed by atoms with Crippen molar-refractivity contribution in [2.45, 2.75) is 6.54 Å². The van der Waals surface area contributed by atoms with E-state index in [1.807, 2.05) is 95.1 Å². The molecule has 1 amide bonds. The SMILES string of the molecule is O=C(/C=C/c1cn(-c2ccccc2)nc1-c1cccs1)NCc1ccccc1. The fourth-order valence-electron chi connectivity index (χ4n) is 2.84. The van der Waals surface area contributed by atoms with E-state index >= 15 is 0 Å². The number of hydrogen-bond donors (Lipinski definition) is 1. The van der Waals surface area contributed by atoms with Crippen molar-refractivity contribution in [2.75, 3.05) is 0 Å². The molecule has 4 aromatic rings. The highest BCUT2D eigenvalue weighted by atomic mass is 32.1. The van der Waals surface area contributed by atoms with Crippen LogP contribution in [0.25, 0.3) is 22.3 Å². The molecule has 0 saturated heterocycles. The summed E-state index contributed by atoms with van der Waals surface area (Å²) in [6.45, 7) is 0.505. The molecule has 2 aromatic heterocycles. The van der Waals surface area contributed by atoms with Crippen molar-refractivity contribution in [3.05, 3.63) is 102 Å². The Morgan fingerprint density at radius 3 is 2.46 bits per heavy atom. The zero-order valence-corrected chi connectivity index (χ0v) is 16.0. The molecule has 0 atom stereocenters. The van der Waals surface area contributed by atoms with E-state index in [2.05, 4.69) is 5.32 Å². The Labute approximate surface area is 167 Å². The normalized spacial score (nSPS) is 11.0. The van der Waals surface area contributed by atoms with Crippen LogP contribution in [0.5, 0.6) is 0 Å². The van der Waals surface area contributed by atoms with Crippen molar-refractivity contribution < 1.29 is 4.79 Å². The van der Waals surface area contributed by atoms with Gasteiger partial charge in [-0.2, -0.15) is 5.10 Å². The number of para-hydroxylation sites is 1. The van der Waals surface area contributed by atoms with Gasteiger partial charge in [0.05, 0.1) is 10.6 Å². The molecule has 28 heavy (non-hydrogen) atoms. The van der Waals surface area contributed by atoms with Crippen molar-refractivity contribution in [1.82, 2.24) is 15.1 Å². The minimum Gasteiger partial charge on any atom is -0.348 e. The molecule has 0 saturated carbocycles. The number of carbonyl (C=O) groups excluding carboxylic acids is 1. The molecule has 138 valence electrons. The van der Waals surface area contributed by atoms with Crippen LogP contribution in [-0.2, 0) is 11.3 Å². The lowest BCUT2D eigenvalue weighted by Crippen LogP contribution is -2.20. The van der Waals surface area contributed by atoms with Crippen LogP contribution in [-0.4, -0.2) is 15.7 Å². The summed E-state index contributed by atoms with van der Waals surface area (Å²) in [6.07, 6.45) is 5.33. The molecule has 0 aliphatic carbocycles. The first-order chi connectivity index (χ1) is 13.8. The Morgan fingerprint density at radius 2 is 1.75 bits per heavy atom. The molecule has 0 spiro atoms. The Hall–Kier alpha value is -3.44. The molecule has 2 aromatic carbocycles. The molecule has 0 aliphatic rings. The molecule has 0 aliphatic heterocycles. The highest BCUT2D eigenvalue weighted by Crippen LogP contribution is 2.28. The number of thiophene rings is 1. The third-order valence-electron chi connectivity index (χ3n) is 4.24. The van der Waals surface area contributed by atoms with Crippen molar-refractivity contribution in [3.63, 3.8) is 0 Å². The molecule has 2 heterocycles. The Morgan fingerprint density at radius 1 is 1.00 bits per heavy atom. The van der Waals surface area contributed by atoms with Gasteiger partial charge in [0.2, 0.25) is 5.91 Å². The maximum Gasteiger partial charge on any atom is 0.244 e. The van der Waals surface area contributed by atoms with Gasteiger partial charge in [0.15, 0.2) is 0 Å². The summed E-state index contributed by atoms with van der Waals surface area (Å²) >= 11 is 1.63. The van der Waals surface area contributed by atoms with Crippen LogP contribution in [0.3, 0.4) is 0 Å². The summed E-state index contributed by atoms with van der Waals surface area (Å²) in [6, 6.07) is 23.8. The number of amides is 1. The first-order valence-electron chi connectivity index (χ1n) is 8.98. The highest BCUT2D eigenvalue weighted by molar-refractivity contribution is 7.13. The van der Waals surface area contributed by atoms with Crippen molar-refractivity contribution in [1.29, 1.82) is 0 Å². The molecular weight excluding hydrogens is 366 g/mol. The van der Waals surface area contributed by atoms with Crippen LogP contribution in [0, 0.1) is 0 Å². The number of benzene rings is 2. The van der Waals surface area contributed by atoms with E-state index in [-0.39, 0.29) is 5.91 Å². The summed E-state index contributed by atoms with van der Waals surface area (Å²) in [4.78, 5) is 13.3. The number of aromatic nitrogens is 2. The van der Waals surface area contributed by atoms with Gasteiger partial charge in [-0.1, -0.05) is 54.6 Å². The summed E-state index contributed by atoms with van der Waals surface area (Å²) in [5, 5.41) is 9.67. The monoisotopic (exact) mass is 385 g/mol. The van der Waals surface area contributed by atoms with Gasteiger partial charge in [0.25, 0.3) is 0 Å². The molecule has 1 N–H and O–H groups in total. The van der Waals surface area contributed by atoms with Gasteiger partial charge >= 0.3 is 0 Å². The molecule has 0 fully saturated rings. The van der Waals surface area contributed by atoms with Gasteiger partial charge in [0, 0.05) is 24.4 Å². The minimum absolute atomic E-state index is 0.131. The zero-order valence-electron chi connectivity index (χ0n) is 15.2. The van der Waals surface area contributed by atoms with Crippen LogP contribution >= 0.6 is 11.3 Å². The predicted octanol–water partition coefficient (Wildman–Crippen LogP) is 4.93. The lowest BCUT2D eigenvalue weighted by molar-refractivity contribution is -0.116. The largest absolute Gasteiger partial charge is 0.348 e. The molecule has 4 rings (SSSR count). The molecular formula is C23H19N3OS. The van der Waals surface area contributed by atoms with Crippen LogP contribution in [0.4, 0.5) is 0 Å². The van der Waals surface area contributed by atoms with E-state index in [9.17, 15) is 4.79 Å². The average Bonchev–Trinajstić information content (AvgIpc) is 3.42. The van der Waals surface area contributed by atoms with Crippen LogP contribution in [0.15, 0.2) is 90.4 Å². The fourth-order valence-corrected chi connectivity index (χ4v) is 3.57. The Balaban J connectivity index is 1.55. The van der Waals surface area contributed by atoms with Gasteiger partial charge < -0.3 is 5.32 Å². The number of nitrogens with one attached hydrogen (secondary N) is 1. The molecule has 5 heteroatoms. The van der Waals surface area contributed by atoms with Crippen molar-refractivity contribution in [2.24, 2.45) is 0 Å². The van der Waals surface area contributed by atoms with Crippen LogP contribution in [0.2, 0.25) is 0 Å². The second-order valence-electron chi connectivity index (χ2n) is 6.23. The topological polar surface area (TPSA) is 46.9 Å². The lowest BCUT2D eigenvalue weighted by Gasteiger charge is -2.01. The van der Waals surface area contributed by atoms with Gasteiger partial charge in [-0.25, -0.2) is 4.68 Å². The molecule has 4 nitrogen and oxygen atoms in total. The first-order valence-corrected chi connectivity index (χ1v) is 9.86. The standard InChI is InChI=1S/C23H19N3OS/c27-22(24-16-18-8-3-1-4-9-18)14-13-19-17-26(20-10-5-2-6-11-20)25-23(19)21-12-7-15-28-21/h1-15,17H,16H2,(H,24,27)/b14-13+. The molecule has 0 radical (unpaired) electrons. The average molecular weight is 385 g/mol. The molecule has 0 bridgehead atoms. The molecule has 0 unspecified atom stereocenters. The van der Waals surface area contributed by atoms with E-state index in [0.29, 0.717) is 6.54 Å². The van der Waals surface area contributed by atoms with Crippen molar-refractivity contribution >= 4 is 23.3 Å². The summed E-state index contributed by atoms with van der Waals surface area (Å²) in [5.74, 6) is -0.131. The number of carbonyl (C=O) groups is 1. The number of nitrogens with zero attached hydrogens (tertiary/aromatic N) is 2. The summed E-state index contributed by atoms with van der Waals surface area (Å²) in [5.41, 5.74) is 3.82.